The molecule has 4 nitrogen and oxygen atoms in total. The van der Waals surface area contributed by atoms with Gasteiger partial charge in [0.1, 0.15) is 0 Å². The molecule has 3 rings (SSSR count). The third kappa shape index (κ3) is 2.21. The van der Waals surface area contributed by atoms with Crippen LogP contribution in [0.1, 0.15) is 0 Å². The van der Waals surface area contributed by atoms with Gasteiger partial charge >= 0.3 is 0 Å². The molecule has 0 radical (unpaired) electrons. The van der Waals surface area contributed by atoms with E-state index in [2.05, 4.69) is 49.9 Å². The highest BCUT2D eigenvalue weighted by molar-refractivity contribution is 14.1. The molecule has 0 saturated heterocycles. The van der Waals surface area contributed by atoms with Crippen molar-refractivity contribution in [1.82, 2.24) is 15.2 Å². The first-order valence-corrected chi connectivity index (χ1v) is 6.84. The zero-order chi connectivity index (χ0) is 13.2. The Morgan fingerprint density at radius 3 is 2.68 bits per heavy atom. The molecule has 0 fully saturated rings. The van der Waals surface area contributed by atoms with Gasteiger partial charge in [0.15, 0.2) is 5.82 Å². The molecule has 0 aliphatic rings. The number of hydrogen-bond donors (Lipinski definition) is 2. The van der Waals surface area contributed by atoms with E-state index in [1.165, 1.54) is 0 Å². The lowest BCUT2D eigenvalue weighted by molar-refractivity contribution is 1.10. The summed E-state index contributed by atoms with van der Waals surface area (Å²) in [6.07, 6.45) is 3.53. The first-order chi connectivity index (χ1) is 9.27. The van der Waals surface area contributed by atoms with Gasteiger partial charge in [-0.3, -0.25) is 10.1 Å². The summed E-state index contributed by atoms with van der Waals surface area (Å²) in [5.41, 5.74) is 9.87. The van der Waals surface area contributed by atoms with E-state index in [-0.39, 0.29) is 0 Å². The predicted molar refractivity (Wildman–Crippen MR) is 84.4 cm³/mol. The molecule has 1 aromatic carbocycles. The van der Waals surface area contributed by atoms with Crippen LogP contribution in [0.2, 0.25) is 0 Å². The number of nitrogen functional groups attached to an aromatic ring is 1. The van der Waals surface area contributed by atoms with E-state index in [1.54, 1.807) is 12.4 Å². The van der Waals surface area contributed by atoms with Gasteiger partial charge in [0.25, 0.3) is 0 Å². The van der Waals surface area contributed by atoms with Gasteiger partial charge in [-0.2, -0.15) is 5.10 Å². The predicted octanol–water partition coefficient (Wildman–Crippen LogP) is 3.33. The summed E-state index contributed by atoms with van der Waals surface area (Å²) in [6, 6.07) is 12.0. The molecule has 0 aliphatic carbocycles. The van der Waals surface area contributed by atoms with Gasteiger partial charge < -0.3 is 5.73 Å². The number of aromatic nitrogens is 3. The van der Waals surface area contributed by atoms with E-state index in [0.29, 0.717) is 5.82 Å². The quantitative estimate of drug-likeness (QED) is 0.688. The molecule has 0 aliphatic heterocycles. The smallest absolute Gasteiger partial charge is 0.153 e. The summed E-state index contributed by atoms with van der Waals surface area (Å²) in [5, 5.41) is 7.15. The van der Waals surface area contributed by atoms with Crippen LogP contribution in [0.3, 0.4) is 0 Å². The van der Waals surface area contributed by atoms with Crippen LogP contribution in [0.4, 0.5) is 5.82 Å². The Labute approximate surface area is 124 Å². The number of nitrogens with one attached hydrogen (secondary N) is 1. The second-order valence-electron chi connectivity index (χ2n) is 4.08. The maximum absolute atomic E-state index is 5.99. The Hall–Kier alpha value is -1.89. The molecule has 2 aromatic heterocycles. The van der Waals surface area contributed by atoms with E-state index >= 15 is 0 Å². The van der Waals surface area contributed by atoms with Crippen molar-refractivity contribution in [2.45, 2.75) is 0 Å². The monoisotopic (exact) mass is 362 g/mol. The Morgan fingerprint density at radius 1 is 1.11 bits per heavy atom. The summed E-state index contributed by atoms with van der Waals surface area (Å²) >= 11 is 2.30. The number of benzene rings is 1. The molecular formula is C14H11IN4. The number of nitrogens with two attached hydrogens (primary N) is 1. The summed E-state index contributed by atoms with van der Waals surface area (Å²) in [7, 11) is 0. The van der Waals surface area contributed by atoms with E-state index in [1.807, 2.05) is 24.3 Å². The van der Waals surface area contributed by atoms with Crippen molar-refractivity contribution in [3.8, 4) is 22.4 Å². The first kappa shape index (κ1) is 12.2. The second kappa shape index (κ2) is 5.00. The molecule has 0 saturated carbocycles. The Morgan fingerprint density at radius 2 is 1.95 bits per heavy atom. The maximum Gasteiger partial charge on any atom is 0.153 e. The lowest BCUT2D eigenvalue weighted by Crippen LogP contribution is -1.90. The number of pyridine rings is 1. The van der Waals surface area contributed by atoms with Crippen molar-refractivity contribution < 1.29 is 0 Å². The topological polar surface area (TPSA) is 67.6 Å². The first-order valence-electron chi connectivity index (χ1n) is 5.76. The Balaban J connectivity index is 2.23. The average molecular weight is 362 g/mol. The summed E-state index contributed by atoms with van der Waals surface area (Å²) in [6.45, 7) is 0. The minimum Gasteiger partial charge on any atom is -0.382 e. The van der Waals surface area contributed by atoms with Crippen LogP contribution in [0.25, 0.3) is 22.4 Å². The lowest BCUT2D eigenvalue weighted by Gasteiger charge is -2.06. The number of aromatic amines is 1. The van der Waals surface area contributed by atoms with Crippen LogP contribution in [-0.2, 0) is 0 Å². The Kier molecular flexibility index (Phi) is 3.20. The van der Waals surface area contributed by atoms with Crippen molar-refractivity contribution in [3.63, 3.8) is 0 Å². The number of nitrogens with zero attached hydrogens (tertiary/aromatic N) is 2. The van der Waals surface area contributed by atoms with Crippen LogP contribution in [0.5, 0.6) is 0 Å². The van der Waals surface area contributed by atoms with Gasteiger partial charge in [-0.15, -0.1) is 0 Å². The minimum atomic E-state index is 0.489. The van der Waals surface area contributed by atoms with Crippen molar-refractivity contribution >= 4 is 28.4 Å². The third-order valence-electron chi connectivity index (χ3n) is 2.89. The zero-order valence-corrected chi connectivity index (χ0v) is 12.1. The molecule has 94 valence electrons. The standard InChI is InChI=1S/C14H11IN4/c15-11-6-2-1-5-10(11)13-12(14(16)19-18-13)9-4-3-7-17-8-9/h1-8H,(H3,16,18,19). The molecule has 0 spiro atoms. The molecule has 0 unspecified atom stereocenters. The molecule has 5 heteroatoms. The number of anilines is 1. The number of halogens is 1. The van der Waals surface area contributed by atoms with Gasteiger partial charge in [0.2, 0.25) is 0 Å². The van der Waals surface area contributed by atoms with Crippen molar-refractivity contribution in [2.75, 3.05) is 5.73 Å². The molecular weight excluding hydrogens is 351 g/mol. The third-order valence-corrected chi connectivity index (χ3v) is 3.83. The molecule has 3 aromatic rings. The van der Waals surface area contributed by atoms with Crippen LogP contribution in [-0.4, -0.2) is 15.2 Å². The minimum absolute atomic E-state index is 0.489. The largest absolute Gasteiger partial charge is 0.382 e. The SMILES string of the molecule is Nc1n[nH]c(-c2ccccc2I)c1-c1cccnc1. The zero-order valence-electron chi connectivity index (χ0n) is 9.97. The number of rotatable bonds is 2. The van der Waals surface area contributed by atoms with E-state index in [4.69, 9.17) is 5.73 Å². The van der Waals surface area contributed by atoms with Gasteiger partial charge in [-0.05, 0) is 34.7 Å². The van der Waals surface area contributed by atoms with Gasteiger partial charge in [-0.1, -0.05) is 24.3 Å². The van der Waals surface area contributed by atoms with Crippen molar-refractivity contribution in [3.05, 3.63) is 52.4 Å². The van der Waals surface area contributed by atoms with Gasteiger partial charge in [0.05, 0.1) is 11.3 Å². The van der Waals surface area contributed by atoms with Crippen LogP contribution < -0.4 is 5.73 Å². The molecule has 19 heavy (non-hydrogen) atoms. The fourth-order valence-corrected chi connectivity index (χ4v) is 2.67. The molecule has 2 heterocycles. The van der Waals surface area contributed by atoms with Crippen molar-refractivity contribution in [1.29, 1.82) is 0 Å². The highest BCUT2D eigenvalue weighted by Gasteiger charge is 2.16. The van der Waals surface area contributed by atoms with E-state index in [9.17, 15) is 0 Å². The summed E-state index contributed by atoms with van der Waals surface area (Å²) in [5.74, 6) is 0.489. The molecule has 0 amide bonds. The molecule has 0 atom stereocenters. The number of H-pyrrole nitrogens is 1. The van der Waals surface area contributed by atoms with E-state index < -0.39 is 0 Å². The second-order valence-corrected chi connectivity index (χ2v) is 5.24. The highest BCUT2D eigenvalue weighted by atomic mass is 127. The molecule has 3 N–H and O–H groups in total. The summed E-state index contributed by atoms with van der Waals surface area (Å²) in [4.78, 5) is 4.14. The Bertz CT molecular complexity index is 706. The lowest BCUT2D eigenvalue weighted by atomic mass is 10.0. The van der Waals surface area contributed by atoms with Crippen LogP contribution >= 0.6 is 22.6 Å². The van der Waals surface area contributed by atoms with Gasteiger partial charge in [0, 0.05) is 27.1 Å². The molecule has 0 bridgehead atoms. The normalized spacial score (nSPS) is 10.6. The van der Waals surface area contributed by atoms with E-state index in [0.717, 1.165) is 26.0 Å². The highest BCUT2D eigenvalue weighted by Crippen LogP contribution is 2.35. The number of hydrogen-bond acceptors (Lipinski definition) is 3. The maximum atomic E-state index is 5.99. The van der Waals surface area contributed by atoms with Gasteiger partial charge in [-0.25, -0.2) is 0 Å². The fourth-order valence-electron chi connectivity index (χ4n) is 2.02. The van der Waals surface area contributed by atoms with Crippen LogP contribution in [0, 0.1) is 3.57 Å². The van der Waals surface area contributed by atoms with Crippen molar-refractivity contribution in [2.24, 2.45) is 0 Å². The summed E-state index contributed by atoms with van der Waals surface area (Å²) < 4.78 is 1.15. The van der Waals surface area contributed by atoms with Crippen LogP contribution in [0.15, 0.2) is 48.8 Å². The average Bonchev–Trinajstić information content (AvgIpc) is 2.82. The fraction of sp³-hybridized carbons (Fsp3) is 0.